The smallest absolute Gasteiger partial charge is 0.415 e. The Hall–Kier alpha value is -3.82. The second-order valence-corrected chi connectivity index (χ2v) is 10.4. The zero-order valence-corrected chi connectivity index (χ0v) is 22.0. The van der Waals surface area contributed by atoms with Crippen LogP contribution < -0.4 is 19.1 Å². The summed E-state index contributed by atoms with van der Waals surface area (Å²) in [6, 6.07) is 13.1. The highest BCUT2D eigenvalue weighted by molar-refractivity contribution is 5.91. The molecule has 3 atom stereocenters. The number of benzene rings is 2. The van der Waals surface area contributed by atoms with Gasteiger partial charge in [-0.2, -0.15) is 0 Å². The van der Waals surface area contributed by atoms with Crippen LogP contribution in [0.1, 0.15) is 24.5 Å². The lowest BCUT2D eigenvalue weighted by atomic mass is 9.78. The highest BCUT2D eigenvalue weighted by Gasteiger charge is 2.53. The number of rotatable bonds is 7. The number of methoxy groups -OCH3 is 1. The zero-order chi connectivity index (χ0) is 27.0. The minimum atomic E-state index is -0.707. The highest BCUT2D eigenvalue weighted by atomic mass is 16.6. The lowest BCUT2D eigenvalue weighted by Gasteiger charge is -2.44. The predicted molar refractivity (Wildman–Crippen MR) is 147 cm³/mol. The number of hydrogen-bond acceptors (Lipinski definition) is 8. The van der Waals surface area contributed by atoms with Crippen LogP contribution in [0.5, 0.6) is 17.2 Å². The molecule has 9 nitrogen and oxygen atoms in total. The molecule has 3 aromatic rings. The molecular weight excluding hydrogens is 498 g/mol. The Bertz CT molecular complexity index is 1400. The van der Waals surface area contributed by atoms with Gasteiger partial charge < -0.3 is 24.1 Å². The third kappa shape index (κ3) is 4.77. The van der Waals surface area contributed by atoms with Crippen molar-refractivity contribution in [3.63, 3.8) is 0 Å². The van der Waals surface area contributed by atoms with Crippen LogP contribution in [-0.4, -0.2) is 73.2 Å². The van der Waals surface area contributed by atoms with Gasteiger partial charge in [-0.05, 0) is 48.4 Å². The van der Waals surface area contributed by atoms with Gasteiger partial charge in [-0.1, -0.05) is 6.08 Å². The zero-order valence-electron chi connectivity index (χ0n) is 22.0. The number of carbonyl (C=O) groups excluding carboxylic acids is 1. The molecule has 39 heavy (non-hydrogen) atoms. The molecule has 204 valence electrons. The monoisotopic (exact) mass is 531 g/mol. The summed E-state index contributed by atoms with van der Waals surface area (Å²) in [4.78, 5) is 21.5. The number of aliphatic hydroxyl groups excluding tert-OH is 1. The Morgan fingerprint density at radius 3 is 2.87 bits per heavy atom. The molecule has 0 unspecified atom stereocenters. The summed E-state index contributed by atoms with van der Waals surface area (Å²) in [6.07, 6.45) is 3.91. The average molecular weight is 532 g/mol. The van der Waals surface area contributed by atoms with E-state index in [-0.39, 0.29) is 12.0 Å². The van der Waals surface area contributed by atoms with Crippen LogP contribution in [0.2, 0.25) is 0 Å². The Morgan fingerprint density at radius 2 is 2.05 bits per heavy atom. The van der Waals surface area contributed by atoms with E-state index in [1.54, 1.807) is 18.2 Å². The van der Waals surface area contributed by atoms with Crippen molar-refractivity contribution in [1.29, 1.82) is 0 Å². The van der Waals surface area contributed by atoms with E-state index in [0.717, 1.165) is 27.9 Å². The van der Waals surface area contributed by atoms with Gasteiger partial charge in [0.2, 0.25) is 0 Å². The molecule has 1 amide bonds. The van der Waals surface area contributed by atoms with Crippen molar-refractivity contribution in [2.45, 2.75) is 24.5 Å². The van der Waals surface area contributed by atoms with Gasteiger partial charge in [0.1, 0.15) is 24.6 Å². The first-order valence-corrected chi connectivity index (χ1v) is 13.3. The average Bonchev–Trinajstić information content (AvgIpc) is 3.30. The molecule has 2 saturated heterocycles. The summed E-state index contributed by atoms with van der Waals surface area (Å²) in [5.41, 5.74) is 1.73. The number of pyridine rings is 1. The maximum atomic E-state index is 13.1. The second-order valence-electron chi connectivity index (χ2n) is 10.4. The number of ether oxygens (including phenoxy) is 4. The molecule has 1 N–H and O–H groups in total. The lowest BCUT2D eigenvalue weighted by Crippen LogP contribution is -2.54. The van der Waals surface area contributed by atoms with Crippen molar-refractivity contribution in [3.05, 3.63) is 66.9 Å². The number of likely N-dealkylation sites (tertiary alicyclic amines) is 1. The van der Waals surface area contributed by atoms with Crippen molar-refractivity contribution in [2.75, 3.05) is 51.4 Å². The van der Waals surface area contributed by atoms with Crippen LogP contribution in [0.15, 0.2) is 61.3 Å². The quantitative estimate of drug-likeness (QED) is 0.450. The molecule has 3 aliphatic rings. The Morgan fingerprint density at radius 1 is 1.21 bits per heavy atom. The molecule has 1 spiro atoms. The van der Waals surface area contributed by atoms with Gasteiger partial charge in [0.05, 0.1) is 31.0 Å². The number of fused-ring (bicyclic) bond motifs is 2. The number of β-amino-alcohol motifs (C(OH)–C–C–N with tert-alkyl or cyclic N) is 1. The topological polar surface area (TPSA) is 93.6 Å². The first-order valence-electron chi connectivity index (χ1n) is 13.3. The number of nitrogens with zero attached hydrogens (tertiary/aromatic N) is 3. The van der Waals surface area contributed by atoms with Crippen molar-refractivity contribution in [1.82, 2.24) is 9.88 Å². The van der Waals surface area contributed by atoms with Crippen molar-refractivity contribution < 1.29 is 28.8 Å². The van der Waals surface area contributed by atoms with Crippen molar-refractivity contribution in [2.24, 2.45) is 5.92 Å². The van der Waals surface area contributed by atoms with E-state index < -0.39 is 11.7 Å². The van der Waals surface area contributed by atoms with Gasteiger partial charge in [0, 0.05) is 49.6 Å². The van der Waals surface area contributed by atoms with Crippen molar-refractivity contribution >= 4 is 22.7 Å². The molecule has 0 radical (unpaired) electrons. The minimum Gasteiger partial charge on any atom is -0.497 e. The number of aliphatic hydroxyl groups is 1. The number of anilines is 1. The highest BCUT2D eigenvalue weighted by Crippen LogP contribution is 2.43. The fourth-order valence-electron chi connectivity index (χ4n) is 6.02. The molecule has 4 heterocycles. The third-order valence-electron chi connectivity index (χ3n) is 8.07. The van der Waals surface area contributed by atoms with Crippen molar-refractivity contribution in [3.8, 4) is 17.2 Å². The molecule has 6 rings (SSSR count). The van der Waals surface area contributed by atoms with Gasteiger partial charge >= 0.3 is 6.09 Å². The fourth-order valence-corrected chi connectivity index (χ4v) is 6.02. The third-order valence-corrected chi connectivity index (χ3v) is 8.07. The fraction of sp³-hybridized carbons (Fsp3) is 0.400. The maximum absolute atomic E-state index is 13.1. The Balaban J connectivity index is 1.19. The van der Waals surface area contributed by atoms with Crippen LogP contribution in [0, 0.1) is 5.92 Å². The summed E-state index contributed by atoms with van der Waals surface area (Å²) in [5, 5.41) is 12.2. The SMILES string of the molecule is C=CC[C@H]1CN(C[C@@H](O)c2ccnc3ccc(OC)cc23)CC[C@@]12CN(c1ccc3c(c1)OCCO3)C(=O)O2. The molecule has 0 saturated carbocycles. The summed E-state index contributed by atoms with van der Waals surface area (Å²) < 4.78 is 22.9. The molecular formula is C30H33N3O6. The molecule has 9 heteroatoms. The standard InChI is InChI=1S/C30H33N3O6/c1-3-4-20-17-32(18-26(34)23-9-11-31-25-7-6-22(36-2)16-24(23)25)12-10-30(20)19-33(29(35)39-30)21-5-8-27-28(15-21)38-14-13-37-27/h3,5-9,11,15-16,20,26,34H,1,4,10,12-14,17-19H2,2H3/t20-,26+,30+/m0/s1. The van der Waals surface area contributed by atoms with Crippen LogP contribution in [0.4, 0.5) is 10.5 Å². The number of aromatic nitrogens is 1. The number of allylic oxidation sites excluding steroid dienone is 1. The largest absolute Gasteiger partial charge is 0.497 e. The molecule has 2 aromatic carbocycles. The van der Waals surface area contributed by atoms with Gasteiger partial charge in [-0.3, -0.25) is 14.8 Å². The first-order chi connectivity index (χ1) is 19.0. The van der Waals surface area contributed by atoms with Crippen LogP contribution in [0.3, 0.4) is 0 Å². The molecule has 0 bridgehead atoms. The summed E-state index contributed by atoms with van der Waals surface area (Å²) >= 11 is 0. The van der Waals surface area contributed by atoms with Gasteiger partial charge in [0.15, 0.2) is 11.5 Å². The second kappa shape index (κ2) is 10.4. The summed E-state index contributed by atoms with van der Waals surface area (Å²) in [7, 11) is 1.63. The normalized spacial score (nSPS) is 23.6. The van der Waals surface area contributed by atoms with E-state index >= 15 is 0 Å². The van der Waals surface area contributed by atoms with E-state index in [1.165, 1.54) is 0 Å². The molecule has 1 aromatic heterocycles. The maximum Gasteiger partial charge on any atom is 0.415 e. The van der Waals surface area contributed by atoms with E-state index in [2.05, 4.69) is 16.5 Å². The van der Waals surface area contributed by atoms with Crippen LogP contribution >= 0.6 is 0 Å². The summed E-state index contributed by atoms with van der Waals surface area (Å²) in [6.45, 7) is 7.25. The van der Waals surface area contributed by atoms with E-state index in [1.807, 2.05) is 48.5 Å². The predicted octanol–water partition coefficient (Wildman–Crippen LogP) is 4.34. The molecule has 3 aliphatic heterocycles. The number of piperidine rings is 1. The molecule has 2 fully saturated rings. The van der Waals surface area contributed by atoms with Crippen LogP contribution in [-0.2, 0) is 4.74 Å². The number of hydrogen-bond donors (Lipinski definition) is 1. The van der Waals surface area contributed by atoms with Gasteiger partial charge in [-0.15, -0.1) is 6.58 Å². The Labute approximate surface area is 227 Å². The Kier molecular flexibility index (Phi) is 6.78. The number of carbonyl (C=O) groups is 1. The van der Waals surface area contributed by atoms with E-state index in [0.29, 0.717) is 63.7 Å². The lowest BCUT2D eigenvalue weighted by molar-refractivity contribution is -0.0545. The molecule has 0 aliphatic carbocycles. The minimum absolute atomic E-state index is 0.0383. The summed E-state index contributed by atoms with van der Waals surface area (Å²) in [5.74, 6) is 2.08. The first kappa shape index (κ1) is 25.5. The van der Waals surface area contributed by atoms with E-state index in [4.69, 9.17) is 18.9 Å². The van der Waals surface area contributed by atoms with Crippen LogP contribution in [0.25, 0.3) is 10.9 Å². The number of amides is 1. The van der Waals surface area contributed by atoms with Gasteiger partial charge in [0.25, 0.3) is 0 Å². The van der Waals surface area contributed by atoms with Gasteiger partial charge in [-0.25, -0.2) is 4.79 Å². The van der Waals surface area contributed by atoms with E-state index in [9.17, 15) is 9.90 Å².